The molecule has 1 fully saturated rings. The van der Waals surface area contributed by atoms with Crippen LogP contribution in [0.1, 0.15) is 32.3 Å². The first-order valence-electron chi connectivity index (χ1n) is 6.51. The molecule has 1 heterocycles. The molecule has 3 nitrogen and oxygen atoms in total. The monoisotopic (exact) mass is 285 g/mol. The maximum Gasteiger partial charge on any atom is 0.218 e. The third-order valence-corrected chi connectivity index (χ3v) is 5.58. The fourth-order valence-electron chi connectivity index (χ4n) is 2.25. The molecule has 0 aromatic heterocycles. The average Bonchev–Trinajstić information content (AvgIpc) is 2.31. The Balaban J connectivity index is 2.05. The van der Waals surface area contributed by atoms with Crippen LogP contribution in [-0.2, 0) is 15.8 Å². The summed E-state index contributed by atoms with van der Waals surface area (Å²) < 4.78 is 38.9. The van der Waals surface area contributed by atoms with Gasteiger partial charge in [0.05, 0.1) is 5.75 Å². The van der Waals surface area contributed by atoms with E-state index in [-0.39, 0.29) is 17.0 Å². The van der Waals surface area contributed by atoms with Crippen LogP contribution in [0.15, 0.2) is 24.3 Å². The van der Waals surface area contributed by atoms with Crippen molar-refractivity contribution in [1.29, 1.82) is 0 Å². The molecular formula is C14H20FNO2S. The summed E-state index contributed by atoms with van der Waals surface area (Å²) in [4.78, 5) is 0. The maximum atomic E-state index is 12.8. The topological polar surface area (TPSA) is 37.4 Å². The van der Waals surface area contributed by atoms with Crippen LogP contribution in [0.5, 0.6) is 0 Å². The number of hydrogen-bond acceptors (Lipinski definition) is 2. The van der Waals surface area contributed by atoms with E-state index in [0.717, 1.165) is 12.8 Å². The minimum absolute atomic E-state index is 0.0479. The number of hydrogen-bond donors (Lipinski definition) is 0. The Labute approximate surface area is 114 Å². The van der Waals surface area contributed by atoms with Gasteiger partial charge in [0.25, 0.3) is 0 Å². The molecular weight excluding hydrogens is 265 g/mol. The fraction of sp³-hybridized carbons (Fsp3) is 0.571. The number of piperidine rings is 1. The Morgan fingerprint density at radius 3 is 2.21 bits per heavy atom. The second kappa shape index (κ2) is 5.21. The van der Waals surface area contributed by atoms with Gasteiger partial charge in [0.1, 0.15) is 5.82 Å². The third-order valence-electron chi connectivity index (χ3n) is 3.73. The molecule has 1 saturated heterocycles. The Hall–Kier alpha value is -0.940. The molecule has 0 radical (unpaired) electrons. The van der Waals surface area contributed by atoms with Crippen LogP contribution in [0.2, 0.25) is 0 Å². The lowest BCUT2D eigenvalue weighted by Gasteiger charge is -2.36. The number of rotatable bonds is 3. The van der Waals surface area contributed by atoms with Crippen molar-refractivity contribution in [1.82, 2.24) is 4.31 Å². The highest BCUT2D eigenvalue weighted by Gasteiger charge is 2.31. The molecule has 0 saturated carbocycles. The van der Waals surface area contributed by atoms with Crippen LogP contribution in [0.3, 0.4) is 0 Å². The van der Waals surface area contributed by atoms with E-state index in [1.54, 1.807) is 4.31 Å². The van der Waals surface area contributed by atoms with E-state index in [1.165, 1.54) is 24.3 Å². The number of nitrogens with zero attached hydrogens (tertiary/aromatic N) is 1. The standard InChI is InChI=1S/C14H20FNO2S/c1-14(2)7-9-16(10-8-14)19(17,18)11-12-3-5-13(15)6-4-12/h3-6H,7-11H2,1-2H3. The molecule has 1 aromatic rings. The minimum atomic E-state index is -3.29. The largest absolute Gasteiger partial charge is 0.218 e. The van der Waals surface area contributed by atoms with E-state index in [2.05, 4.69) is 13.8 Å². The lowest BCUT2D eigenvalue weighted by Crippen LogP contribution is -2.41. The van der Waals surface area contributed by atoms with Gasteiger partial charge in [0, 0.05) is 13.1 Å². The smallest absolute Gasteiger partial charge is 0.212 e. The third kappa shape index (κ3) is 3.76. The first-order chi connectivity index (χ1) is 8.78. The minimum Gasteiger partial charge on any atom is -0.212 e. The van der Waals surface area contributed by atoms with Gasteiger partial charge in [0.15, 0.2) is 0 Å². The van der Waals surface area contributed by atoms with Crippen molar-refractivity contribution in [3.63, 3.8) is 0 Å². The van der Waals surface area contributed by atoms with Gasteiger partial charge < -0.3 is 0 Å². The predicted octanol–water partition coefficient (Wildman–Crippen LogP) is 2.78. The second-order valence-corrected chi connectivity index (χ2v) is 7.91. The van der Waals surface area contributed by atoms with Crippen molar-refractivity contribution in [3.05, 3.63) is 35.6 Å². The number of sulfonamides is 1. The molecule has 1 aromatic carbocycles. The Morgan fingerprint density at radius 1 is 1.16 bits per heavy atom. The van der Waals surface area contributed by atoms with Crippen LogP contribution in [0.25, 0.3) is 0 Å². The average molecular weight is 285 g/mol. The molecule has 106 valence electrons. The van der Waals surface area contributed by atoms with E-state index in [0.29, 0.717) is 18.7 Å². The molecule has 0 bridgehead atoms. The Morgan fingerprint density at radius 2 is 1.68 bits per heavy atom. The highest BCUT2D eigenvalue weighted by atomic mass is 32.2. The van der Waals surface area contributed by atoms with Crippen molar-refractivity contribution < 1.29 is 12.8 Å². The summed E-state index contributed by atoms with van der Waals surface area (Å²) >= 11 is 0. The first kappa shape index (κ1) is 14.5. The summed E-state index contributed by atoms with van der Waals surface area (Å²) in [7, 11) is -3.29. The van der Waals surface area contributed by atoms with Crippen molar-refractivity contribution in [2.45, 2.75) is 32.4 Å². The zero-order valence-corrected chi connectivity index (χ0v) is 12.2. The maximum absolute atomic E-state index is 12.8. The van der Waals surface area contributed by atoms with Crippen molar-refractivity contribution >= 4 is 10.0 Å². The van der Waals surface area contributed by atoms with E-state index in [4.69, 9.17) is 0 Å². The lowest BCUT2D eigenvalue weighted by molar-refractivity contribution is 0.195. The molecule has 5 heteroatoms. The van der Waals surface area contributed by atoms with Gasteiger partial charge in [-0.15, -0.1) is 0 Å². The zero-order chi connectivity index (χ0) is 14.1. The van der Waals surface area contributed by atoms with Crippen LogP contribution >= 0.6 is 0 Å². The zero-order valence-electron chi connectivity index (χ0n) is 11.4. The van der Waals surface area contributed by atoms with Crippen molar-refractivity contribution in [3.8, 4) is 0 Å². The summed E-state index contributed by atoms with van der Waals surface area (Å²) in [6, 6.07) is 5.65. The quantitative estimate of drug-likeness (QED) is 0.856. The molecule has 2 rings (SSSR count). The highest BCUT2D eigenvalue weighted by molar-refractivity contribution is 7.88. The molecule has 1 aliphatic rings. The molecule has 0 unspecified atom stereocenters. The highest BCUT2D eigenvalue weighted by Crippen LogP contribution is 2.31. The van der Waals surface area contributed by atoms with Gasteiger partial charge in [-0.05, 0) is 36.0 Å². The Kier molecular flexibility index (Phi) is 3.97. The lowest BCUT2D eigenvalue weighted by atomic mass is 9.83. The van der Waals surface area contributed by atoms with Crippen molar-refractivity contribution in [2.75, 3.05) is 13.1 Å². The van der Waals surface area contributed by atoms with E-state index >= 15 is 0 Å². The molecule has 1 aliphatic heterocycles. The van der Waals surface area contributed by atoms with Gasteiger partial charge in [-0.3, -0.25) is 0 Å². The van der Waals surface area contributed by atoms with Gasteiger partial charge in [-0.25, -0.2) is 17.1 Å². The van der Waals surface area contributed by atoms with Gasteiger partial charge in [0.2, 0.25) is 10.0 Å². The first-order valence-corrected chi connectivity index (χ1v) is 8.12. The fourth-order valence-corrected chi connectivity index (χ4v) is 3.79. The molecule has 0 spiro atoms. The second-order valence-electron chi connectivity index (χ2n) is 5.95. The van der Waals surface area contributed by atoms with E-state index in [1.807, 2.05) is 0 Å². The Bertz CT molecular complexity index is 527. The number of benzene rings is 1. The molecule has 0 atom stereocenters. The number of halogens is 1. The SMILES string of the molecule is CC1(C)CCN(S(=O)(=O)Cc2ccc(F)cc2)CC1. The normalized spacial score (nSPS) is 20.4. The summed E-state index contributed by atoms with van der Waals surface area (Å²) in [5, 5.41) is 0. The van der Waals surface area contributed by atoms with E-state index < -0.39 is 10.0 Å². The van der Waals surface area contributed by atoms with Gasteiger partial charge >= 0.3 is 0 Å². The van der Waals surface area contributed by atoms with Gasteiger partial charge in [-0.1, -0.05) is 26.0 Å². The van der Waals surface area contributed by atoms with Crippen molar-refractivity contribution in [2.24, 2.45) is 5.41 Å². The molecule has 0 amide bonds. The summed E-state index contributed by atoms with van der Waals surface area (Å²) in [5.74, 6) is -0.394. The van der Waals surface area contributed by atoms with Crippen LogP contribution in [-0.4, -0.2) is 25.8 Å². The van der Waals surface area contributed by atoms with E-state index in [9.17, 15) is 12.8 Å². The van der Waals surface area contributed by atoms with Crippen LogP contribution < -0.4 is 0 Å². The molecule has 19 heavy (non-hydrogen) atoms. The summed E-state index contributed by atoms with van der Waals surface area (Å²) in [6.07, 6.45) is 1.77. The predicted molar refractivity (Wildman–Crippen MR) is 73.6 cm³/mol. The van der Waals surface area contributed by atoms with Crippen LogP contribution in [0.4, 0.5) is 4.39 Å². The molecule has 0 aliphatic carbocycles. The van der Waals surface area contributed by atoms with Crippen LogP contribution in [0, 0.1) is 11.2 Å². The summed E-state index contributed by atoms with van der Waals surface area (Å²) in [6.45, 7) is 5.49. The molecule has 0 N–H and O–H groups in total. The summed E-state index contributed by atoms with van der Waals surface area (Å²) in [5.41, 5.74) is 0.855. The van der Waals surface area contributed by atoms with Gasteiger partial charge in [-0.2, -0.15) is 0 Å².